The molecule has 1 saturated carbocycles. The second kappa shape index (κ2) is 7.02. The van der Waals surface area contributed by atoms with E-state index in [4.69, 9.17) is 0 Å². The third-order valence-electron chi connectivity index (χ3n) is 5.60. The van der Waals surface area contributed by atoms with E-state index in [1.165, 1.54) is 31.2 Å². The molecule has 2 fully saturated rings. The highest BCUT2D eigenvalue weighted by Gasteiger charge is 2.37. The van der Waals surface area contributed by atoms with Crippen LogP contribution in [0, 0.1) is 5.92 Å². The van der Waals surface area contributed by atoms with Crippen molar-refractivity contribution in [2.24, 2.45) is 5.92 Å². The zero-order chi connectivity index (χ0) is 16.3. The van der Waals surface area contributed by atoms with Crippen LogP contribution in [0.1, 0.15) is 51.5 Å². The normalized spacial score (nSPS) is 26.6. The highest BCUT2D eigenvalue weighted by Crippen LogP contribution is 2.40. The number of hydrogen-bond donors (Lipinski definition) is 3. The Hall–Kier alpha value is -1.39. The van der Waals surface area contributed by atoms with Crippen molar-refractivity contribution in [1.29, 1.82) is 0 Å². The summed E-state index contributed by atoms with van der Waals surface area (Å²) in [6.45, 7) is 5.12. The number of hydrazine groups is 1. The molecule has 23 heavy (non-hydrogen) atoms. The lowest BCUT2D eigenvalue weighted by molar-refractivity contribution is -0.123. The van der Waals surface area contributed by atoms with E-state index in [0.717, 1.165) is 13.0 Å². The van der Waals surface area contributed by atoms with Crippen molar-refractivity contribution in [2.45, 2.75) is 63.5 Å². The first-order chi connectivity index (χ1) is 11.1. The molecular weight excluding hydrogens is 286 g/mol. The van der Waals surface area contributed by atoms with Crippen LogP contribution in [-0.4, -0.2) is 24.5 Å². The molecule has 2 unspecified atom stereocenters. The summed E-state index contributed by atoms with van der Waals surface area (Å²) >= 11 is 0. The molecular formula is C19H29N3O. The van der Waals surface area contributed by atoms with E-state index < -0.39 is 0 Å². The van der Waals surface area contributed by atoms with Crippen LogP contribution in [0.25, 0.3) is 0 Å². The van der Waals surface area contributed by atoms with Gasteiger partial charge in [0.15, 0.2) is 0 Å². The first-order valence-corrected chi connectivity index (χ1v) is 8.95. The van der Waals surface area contributed by atoms with Gasteiger partial charge in [0.25, 0.3) is 0 Å². The van der Waals surface area contributed by atoms with Gasteiger partial charge in [-0.15, -0.1) is 0 Å². The van der Waals surface area contributed by atoms with Gasteiger partial charge in [0.05, 0.1) is 0 Å². The number of carbonyl (C=O) groups is 1. The molecule has 4 heteroatoms. The number of nitrogens with one attached hydrogen (secondary N) is 3. The summed E-state index contributed by atoms with van der Waals surface area (Å²) < 4.78 is 0. The lowest BCUT2D eigenvalue weighted by Gasteiger charge is -2.30. The monoisotopic (exact) mass is 315 g/mol. The van der Waals surface area contributed by atoms with E-state index in [-0.39, 0.29) is 17.4 Å². The Morgan fingerprint density at radius 2 is 1.91 bits per heavy atom. The molecule has 3 rings (SSSR count). The molecule has 1 heterocycles. The summed E-state index contributed by atoms with van der Waals surface area (Å²) in [7, 11) is 0. The maximum Gasteiger partial charge on any atom is 0.238 e. The molecule has 1 aliphatic heterocycles. The zero-order valence-electron chi connectivity index (χ0n) is 14.3. The van der Waals surface area contributed by atoms with Crippen molar-refractivity contribution < 1.29 is 4.79 Å². The molecule has 0 bridgehead atoms. The predicted octanol–water partition coefficient (Wildman–Crippen LogP) is 2.51. The van der Waals surface area contributed by atoms with Crippen molar-refractivity contribution in [2.75, 3.05) is 6.54 Å². The topological polar surface area (TPSA) is 53.2 Å². The third kappa shape index (κ3) is 3.59. The van der Waals surface area contributed by atoms with Crippen molar-refractivity contribution in [3.8, 4) is 0 Å². The molecule has 1 aromatic carbocycles. The molecule has 2 aliphatic rings. The molecule has 4 nitrogen and oxygen atoms in total. The highest BCUT2D eigenvalue weighted by molar-refractivity contribution is 5.82. The number of carbonyl (C=O) groups excluding carboxylic acids is 1. The minimum atomic E-state index is -0.114. The first kappa shape index (κ1) is 16.5. The summed E-state index contributed by atoms with van der Waals surface area (Å²) in [4.78, 5) is 12.5. The van der Waals surface area contributed by atoms with Gasteiger partial charge in [0.2, 0.25) is 5.91 Å². The van der Waals surface area contributed by atoms with Crippen LogP contribution in [0.3, 0.4) is 0 Å². The molecule has 126 valence electrons. The molecule has 1 aromatic rings. The standard InChI is InChI=1S/C19H29N3O/c1-14(2)16-12-17(22-21-16)18(23)20-13-19(10-6-7-11-19)15-8-4-3-5-9-15/h3-5,8-9,14,16-17,21-22H,6-7,10-13H2,1-2H3,(H,20,23). The van der Waals surface area contributed by atoms with Gasteiger partial charge in [0.1, 0.15) is 6.04 Å². The summed E-state index contributed by atoms with van der Waals surface area (Å²) in [6.07, 6.45) is 5.71. The summed E-state index contributed by atoms with van der Waals surface area (Å²) in [6, 6.07) is 10.9. The quantitative estimate of drug-likeness (QED) is 0.782. The second-order valence-corrected chi connectivity index (χ2v) is 7.50. The van der Waals surface area contributed by atoms with Gasteiger partial charge < -0.3 is 5.32 Å². The van der Waals surface area contributed by atoms with Gasteiger partial charge in [-0.25, -0.2) is 5.43 Å². The van der Waals surface area contributed by atoms with Gasteiger partial charge in [-0.3, -0.25) is 10.2 Å². The molecule has 1 amide bonds. The van der Waals surface area contributed by atoms with E-state index in [0.29, 0.717) is 12.0 Å². The number of rotatable bonds is 5. The highest BCUT2D eigenvalue weighted by atomic mass is 16.2. The van der Waals surface area contributed by atoms with Crippen molar-refractivity contribution in [3.63, 3.8) is 0 Å². The largest absolute Gasteiger partial charge is 0.354 e. The Balaban J connectivity index is 1.61. The van der Waals surface area contributed by atoms with Gasteiger partial charge in [-0.1, -0.05) is 57.0 Å². The van der Waals surface area contributed by atoms with E-state index in [2.05, 4.69) is 60.3 Å². The minimum Gasteiger partial charge on any atom is -0.354 e. The van der Waals surface area contributed by atoms with Crippen molar-refractivity contribution in [1.82, 2.24) is 16.2 Å². The smallest absolute Gasteiger partial charge is 0.238 e. The van der Waals surface area contributed by atoms with Crippen LogP contribution in [-0.2, 0) is 10.2 Å². The summed E-state index contributed by atoms with van der Waals surface area (Å²) in [5, 5.41) is 3.22. The van der Waals surface area contributed by atoms with E-state index in [1.54, 1.807) is 0 Å². The number of amides is 1. The Morgan fingerprint density at radius 3 is 2.52 bits per heavy atom. The number of benzene rings is 1. The number of hydrogen-bond acceptors (Lipinski definition) is 3. The second-order valence-electron chi connectivity index (χ2n) is 7.50. The minimum absolute atomic E-state index is 0.114. The maximum atomic E-state index is 12.5. The Kier molecular flexibility index (Phi) is 5.02. The average Bonchev–Trinajstić information content (AvgIpc) is 3.24. The molecule has 2 atom stereocenters. The fourth-order valence-electron chi connectivity index (χ4n) is 3.98. The SMILES string of the molecule is CC(C)C1CC(C(=O)NCC2(c3ccccc3)CCCC2)NN1. The van der Waals surface area contributed by atoms with Gasteiger partial charge >= 0.3 is 0 Å². The van der Waals surface area contributed by atoms with Crippen LogP contribution < -0.4 is 16.2 Å². The first-order valence-electron chi connectivity index (χ1n) is 8.95. The molecule has 0 spiro atoms. The van der Waals surface area contributed by atoms with Crippen LogP contribution in [0.5, 0.6) is 0 Å². The van der Waals surface area contributed by atoms with Crippen molar-refractivity contribution >= 4 is 5.91 Å². The van der Waals surface area contributed by atoms with Crippen LogP contribution in [0.2, 0.25) is 0 Å². The summed E-state index contributed by atoms with van der Waals surface area (Å²) in [5.74, 6) is 0.661. The van der Waals surface area contributed by atoms with Crippen LogP contribution >= 0.6 is 0 Å². The Morgan fingerprint density at radius 1 is 1.22 bits per heavy atom. The third-order valence-corrected chi connectivity index (χ3v) is 5.60. The average molecular weight is 315 g/mol. The van der Waals surface area contributed by atoms with Crippen molar-refractivity contribution in [3.05, 3.63) is 35.9 Å². The predicted molar refractivity (Wildman–Crippen MR) is 92.9 cm³/mol. The molecule has 0 aromatic heterocycles. The van der Waals surface area contributed by atoms with Gasteiger partial charge in [0, 0.05) is 18.0 Å². The molecule has 0 radical (unpaired) electrons. The Labute approximate surface area is 139 Å². The Bertz CT molecular complexity index is 523. The lowest BCUT2D eigenvalue weighted by atomic mass is 9.79. The van der Waals surface area contributed by atoms with Gasteiger partial charge in [-0.2, -0.15) is 0 Å². The zero-order valence-corrected chi connectivity index (χ0v) is 14.3. The van der Waals surface area contributed by atoms with Crippen LogP contribution in [0.4, 0.5) is 0 Å². The fraction of sp³-hybridized carbons (Fsp3) is 0.632. The lowest BCUT2D eigenvalue weighted by Crippen LogP contribution is -2.47. The maximum absolute atomic E-state index is 12.5. The molecule has 3 N–H and O–H groups in total. The summed E-state index contributed by atoms with van der Waals surface area (Å²) in [5.41, 5.74) is 7.89. The van der Waals surface area contributed by atoms with E-state index in [1.807, 2.05) is 0 Å². The fourth-order valence-corrected chi connectivity index (χ4v) is 3.98. The van der Waals surface area contributed by atoms with E-state index in [9.17, 15) is 4.79 Å². The molecule has 1 aliphatic carbocycles. The van der Waals surface area contributed by atoms with Gasteiger partial charge in [-0.05, 0) is 30.7 Å². The molecule has 1 saturated heterocycles. The van der Waals surface area contributed by atoms with Crippen LogP contribution in [0.15, 0.2) is 30.3 Å². The van der Waals surface area contributed by atoms with E-state index >= 15 is 0 Å².